The third-order valence-electron chi connectivity index (χ3n) is 3.04. The minimum Gasteiger partial charge on any atom is -0.349 e. The normalized spacial score (nSPS) is 11.0. The molecule has 1 aromatic heterocycles. The number of hydrogen-bond acceptors (Lipinski definition) is 4. The van der Waals surface area contributed by atoms with Crippen molar-refractivity contribution in [1.29, 1.82) is 0 Å². The zero-order valence-electron chi connectivity index (χ0n) is 12.5. The molecule has 4 nitrogen and oxygen atoms in total. The van der Waals surface area contributed by atoms with Gasteiger partial charge in [0, 0.05) is 24.4 Å². The van der Waals surface area contributed by atoms with Gasteiger partial charge < -0.3 is 10.6 Å². The highest BCUT2D eigenvalue weighted by molar-refractivity contribution is 7.09. The molecule has 0 aliphatic rings. The Morgan fingerprint density at radius 3 is 2.59 bits per heavy atom. The standard InChI is InChI=1S/C15H19N3OS.2ClH/c1-11(16-2)9-17-15(19)13-10-20-14(18-13)8-12-6-4-3-5-7-12;;/h3-7,10-11,16H,8-9H2,1-2H3,(H,17,19);2*1H. The Morgan fingerprint density at radius 1 is 1.27 bits per heavy atom. The number of nitrogens with zero attached hydrogens (tertiary/aromatic N) is 1. The summed E-state index contributed by atoms with van der Waals surface area (Å²) in [6.07, 6.45) is 0.770. The summed E-state index contributed by atoms with van der Waals surface area (Å²) < 4.78 is 0. The summed E-state index contributed by atoms with van der Waals surface area (Å²) in [6, 6.07) is 10.4. The molecule has 0 radical (unpaired) electrons. The molecule has 2 N–H and O–H groups in total. The maximum atomic E-state index is 11.9. The fourth-order valence-electron chi connectivity index (χ4n) is 1.71. The van der Waals surface area contributed by atoms with E-state index in [4.69, 9.17) is 0 Å². The highest BCUT2D eigenvalue weighted by Crippen LogP contribution is 2.14. The van der Waals surface area contributed by atoms with Crippen molar-refractivity contribution in [3.63, 3.8) is 0 Å². The number of benzene rings is 1. The first-order valence-corrected chi connectivity index (χ1v) is 7.51. The number of carbonyl (C=O) groups is 1. The molecule has 2 rings (SSSR count). The average Bonchev–Trinajstić information content (AvgIpc) is 2.94. The second kappa shape index (κ2) is 10.6. The molecule has 1 amide bonds. The van der Waals surface area contributed by atoms with E-state index in [1.165, 1.54) is 16.9 Å². The van der Waals surface area contributed by atoms with Crippen LogP contribution in [-0.2, 0) is 6.42 Å². The zero-order chi connectivity index (χ0) is 14.4. The number of nitrogens with one attached hydrogen (secondary N) is 2. The number of aromatic nitrogens is 1. The topological polar surface area (TPSA) is 54.0 Å². The lowest BCUT2D eigenvalue weighted by Gasteiger charge is -2.10. The van der Waals surface area contributed by atoms with E-state index in [-0.39, 0.29) is 36.8 Å². The third kappa shape index (κ3) is 6.32. The number of rotatable bonds is 6. The van der Waals surface area contributed by atoms with Crippen molar-refractivity contribution >= 4 is 42.1 Å². The summed E-state index contributed by atoms with van der Waals surface area (Å²) in [5, 5.41) is 8.72. The summed E-state index contributed by atoms with van der Waals surface area (Å²) in [5.74, 6) is -0.109. The molecule has 22 heavy (non-hydrogen) atoms. The van der Waals surface area contributed by atoms with Gasteiger partial charge in [0.05, 0.1) is 5.01 Å². The summed E-state index contributed by atoms with van der Waals surface area (Å²) >= 11 is 1.53. The first-order valence-electron chi connectivity index (χ1n) is 6.63. The van der Waals surface area contributed by atoms with Gasteiger partial charge in [-0.2, -0.15) is 0 Å². The Labute approximate surface area is 147 Å². The summed E-state index contributed by atoms with van der Waals surface area (Å²) in [5.41, 5.74) is 1.71. The number of amides is 1. The van der Waals surface area contributed by atoms with Gasteiger partial charge in [0.25, 0.3) is 5.91 Å². The lowest BCUT2D eigenvalue weighted by atomic mass is 10.2. The maximum Gasteiger partial charge on any atom is 0.270 e. The van der Waals surface area contributed by atoms with E-state index < -0.39 is 0 Å². The van der Waals surface area contributed by atoms with Gasteiger partial charge in [-0.3, -0.25) is 4.79 Å². The van der Waals surface area contributed by atoms with Crippen LogP contribution in [0.3, 0.4) is 0 Å². The fourth-order valence-corrected chi connectivity index (χ4v) is 2.51. The number of carbonyl (C=O) groups excluding carboxylic acids is 1. The molecule has 0 aliphatic carbocycles. The van der Waals surface area contributed by atoms with E-state index in [1.54, 1.807) is 0 Å². The Bertz CT molecular complexity index is 563. The molecule has 122 valence electrons. The van der Waals surface area contributed by atoms with Gasteiger partial charge in [0.2, 0.25) is 0 Å². The molecule has 0 aliphatic heterocycles. The first-order chi connectivity index (χ1) is 9.69. The van der Waals surface area contributed by atoms with Crippen molar-refractivity contribution in [2.45, 2.75) is 19.4 Å². The molecule has 0 bridgehead atoms. The van der Waals surface area contributed by atoms with Gasteiger partial charge in [-0.15, -0.1) is 36.2 Å². The molecule has 1 heterocycles. The molecule has 0 spiro atoms. The van der Waals surface area contributed by atoms with Crippen LogP contribution in [0.1, 0.15) is 28.0 Å². The van der Waals surface area contributed by atoms with Crippen LogP contribution in [0.4, 0.5) is 0 Å². The van der Waals surface area contributed by atoms with Crippen LogP contribution in [0.25, 0.3) is 0 Å². The molecule has 7 heteroatoms. The van der Waals surface area contributed by atoms with Gasteiger partial charge in [-0.1, -0.05) is 30.3 Å². The van der Waals surface area contributed by atoms with Crippen LogP contribution in [0.2, 0.25) is 0 Å². The van der Waals surface area contributed by atoms with E-state index in [2.05, 4.69) is 27.8 Å². The Kier molecular flexibility index (Phi) is 10.0. The molecule has 2 aromatic rings. The first kappa shape index (κ1) is 20.9. The molecule has 1 aromatic carbocycles. The van der Waals surface area contributed by atoms with Crippen molar-refractivity contribution in [3.05, 3.63) is 52.0 Å². The summed E-state index contributed by atoms with van der Waals surface area (Å²) in [6.45, 7) is 2.61. The summed E-state index contributed by atoms with van der Waals surface area (Å²) in [4.78, 5) is 16.3. The van der Waals surface area contributed by atoms with Crippen molar-refractivity contribution in [2.24, 2.45) is 0 Å². The Hall–Kier alpha value is -1.14. The van der Waals surface area contributed by atoms with Gasteiger partial charge in [-0.25, -0.2) is 4.98 Å². The van der Waals surface area contributed by atoms with Gasteiger partial charge in [0.15, 0.2) is 0 Å². The number of likely N-dealkylation sites (N-methyl/N-ethyl adjacent to an activating group) is 1. The highest BCUT2D eigenvalue weighted by atomic mass is 35.5. The average molecular weight is 362 g/mol. The van der Waals surface area contributed by atoms with Crippen LogP contribution in [0.15, 0.2) is 35.7 Å². The summed E-state index contributed by atoms with van der Waals surface area (Å²) in [7, 11) is 1.87. The quantitative estimate of drug-likeness (QED) is 0.831. The van der Waals surface area contributed by atoms with Crippen LogP contribution >= 0.6 is 36.2 Å². The lowest BCUT2D eigenvalue weighted by Crippen LogP contribution is -2.37. The van der Waals surface area contributed by atoms with Crippen LogP contribution in [-0.4, -0.2) is 30.5 Å². The molecule has 0 fully saturated rings. The molecule has 0 saturated carbocycles. The second-order valence-electron chi connectivity index (χ2n) is 4.69. The number of thiazole rings is 1. The van der Waals surface area contributed by atoms with E-state index in [0.29, 0.717) is 12.2 Å². The molecular weight excluding hydrogens is 341 g/mol. The third-order valence-corrected chi connectivity index (χ3v) is 3.89. The van der Waals surface area contributed by atoms with Gasteiger partial charge in [0.1, 0.15) is 5.69 Å². The van der Waals surface area contributed by atoms with E-state index >= 15 is 0 Å². The van der Waals surface area contributed by atoms with Crippen LogP contribution in [0.5, 0.6) is 0 Å². The minimum absolute atomic E-state index is 0. The Balaban J connectivity index is 0.00000220. The molecule has 1 atom stereocenters. The van der Waals surface area contributed by atoms with Gasteiger partial charge in [-0.05, 0) is 19.5 Å². The zero-order valence-corrected chi connectivity index (χ0v) is 15.0. The van der Waals surface area contributed by atoms with E-state index in [0.717, 1.165) is 11.4 Å². The smallest absolute Gasteiger partial charge is 0.270 e. The van der Waals surface area contributed by atoms with Crippen LogP contribution in [0, 0.1) is 0 Å². The van der Waals surface area contributed by atoms with Crippen molar-refractivity contribution in [3.8, 4) is 0 Å². The molecular formula is C15H21Cl2N3OS. The van der Waals surface area contributed by atoms with Gasteiger partial charge >= 0.3 is 0 Å². The van der Waals surface area contributed by atoms with Crippen molar-refractivity contribution in [2.75, 3.05) is 13.6 Å². The second-order valence-corrected chi connectivity index (χ2v) is 5.63. The minimum atomic E-state index is -0.109. The van der Waals surface area contributed by atoms with E-state index in [9.17, 15) is 4.79 Å². The molecule has 0 saturated heterocycles. The highest BCUT2D eigenvalue weighted by Gasteiger charge is 2.11. The molecule has 1 unspecified atom stereocenters. The Morgan fingerprint density at radius 2 is 1.95 bits per heavy atom. The van der Waals surface area contributed by atoms with Crippen molar-refractivity contribution < 1.29 is 4.79 Å². The van der Waals surface area contributed by atoms with Crippen LogP contribution < -0.4 is 10.6 Å². The lowest BCUT2D eigenvalue weighted by molar-refractivity contribution is 0.0946. The SMILES string of the molecule is CNC(C)CNC(=O)c1csc(Cc2ccccc2)n1.Cl.Cl. The maximum absolute atomic E-state index is 11.9. The number of halogens is 2. The number of hydrogen-bond donors (Lipinski definition) is 2. The fraction of sp³-hybridized carbons (Fsp3) is 0.333. The largest absolute Gasteiger partial charge is 0.349 e. The van der Waals surface area contributed by atoms with Crippen molar-refractivity contribution in [1.82, 2.24) is 15.6 Å². The predicted molar refractivity (Wildman–Crippen MR) is 96.7 cm³/mol. The predicted octanol–water partition coefficient (Wildman–Crippen LogP) is 2.92. The van der Waals surface area contributed by atoms with E-state index in [1.807, 2.05) is 37.6 Å². The monoisotopic (exact) mass is 361 g/mol.